The van der Waals surface area contributed by atoms with Crippen LogP contribution in [0.1, 0.15) is 513 Å². The van der Waals surface area contributed by atoms with Crippen molar-refractivity contribution in [3.63, 3.8) is 0 Å². The van der Waals surface area contributed by atoms with Crippen molar-refractivity contribution in [2.24, 2.45) is 129 Å². The molecule has 0 aromatic carbocycles. The van der Waals surface area contributed by atoms with Crippen LogP contribution in [0.2, 0.25) is 0 Å². The number of rotatable bonds is 38. The van der Waals surface area contributed by atoms with Gasteiger partial charge in [-0.1, -0.05) is 410 Å². The maximum atomic E-state index is 13.2. The Labute approximate surface area is 831 Å². The molecule has 856 valence electrons. The fourth-order valence-electron chi connectivity index (χ4n) is 19.5. The van der Waals surface area contributed by atoms with Crippen LogP contribution in [0.15, 0.2) is 0 Å². The van der Waals surface area contributed by atoms with E-state index < -0.39 is 127 Å². The van der Waals surface area contributed by atoms with E-state index in [2.05, 4.69) is 41.5 Å². The lowest BCUT2D eigenvalue weighted by Crippen LogP contribution is -2.48. The fraction of sp³-hybridized carbons (Fsp3) is 1.00. The molecule has 0 aromatic rings. The first-order valence-corrected chi connectivity index (χ1v) is 52.0. The summed E-state index contributed by atoms with van der Waals surface area (Å²) in [7, 11) is 0. The molecule has 0 radical (unpaired) electrons. The van der Waals surface area contributed by atoms with Crippen molar-refractivity contribution in [1.82, 2.24) is 0 Å². The second-order valence-corrected chi connectivity index (χ2v) is 45.2. The average Bonchev–Trinajstić information content (AvgIpc) is 0.758. The van der Waals surface area contributed by atoms with Crippen LogP contribution >= 0.6 is 0 Å². The summed E-state index contributed by atoms with van der Waals surface area (Å²) in [6.45, 7) is 85.0. The summed E-state index contributed by atoms with van der Waals surface area (Å²) in [5, 5.41) is 0. The highest BCUT2D eigenvalue weighted by molar-refractivity contribution is 4.99. The largest absolute Gasteiger partial charge is 0.394 e. The van der Waals surface area contributed by atoms with Gasteiger partial charge in [0.25, 0.3) is 0 Å². The standard InChI is InChI=1S/2C12H23F3.3C11H21F3.C10H19F3.C10H22.C9H17F3.2C8H15F3.C7H13F3/c1-7-11(6,12(13,14)15)10(8(2)3)9(4)5;1-6-9-11(5,12(13,14)15)10(4,7-2)8-3;1-7(2)9(8(3)4)10(5,6)11(12,13)14;1-6-9(4,7-2)10(5,8-3)11(12,13)14;1-5-8-10(4,11(12,13)14)9(6-2)7-3;1-5-8(6-2)9(4,7-3)10(11,12)13;1-7-10(6,8-2)9(3,4)5;1-4-6-8(3,7-5-2)9(10,11)12;1-5-7(4,6(2)3)8(9,10)11;1-4-6-7(3,5-2)8(9,10)11;1-4-6(3,5-2)7(8,9)10/h8-10H,7H2,1-6H3;6-9H2,1-5H3;7-9H,1-6H3;6-8H2,1-5H3;9H,5-8H2,1-4H3;8H,5-7H2,1-4H3;7-8H2,1-6H3;4-7H2,1-3H3;6H,5H2,1-4H3;4-6H2,1-3H3;4-5H2,1-3H3/t2*11-;;2*10-;9-;;;2*7-;/m00.000..00./s1. The van der Waals surface area contributed by atoms with Gasteiger partial charge >= 0.3 is 61.8 Å². The smallest absolute Gasteiger partial charge is 0.171 e. The highest BCUT2D eigenvalue weighted by atomic mass is 19.4. The van der Waals surface area contributed by atoms with Crippen LogP contribution in [0.3, 0.4) is 0 Å². The maximum absolute atomic E-state index is 13.2. The monoisotopic (exact) mass is 2090 g/mol. The lowest BCUT2D eigenvalue weighted by Gasteiger charge is -2.47. The minimum absolute atomic E-state index is 0.0478. The van der Waals surface area contributed by atoms with Gasteiger partial charge in [0.2, 0.25) is 0 Å². The third-order valence-electron chi connectivity index (χ3n) is 34.4. The Morgan fingerprint density at radius 2 is 0.381 bits per heavy atom. The highest BCUT2D eigenvalue weighted by Gasteiger charge is 2.63. The minimum Gasteiger partial charge on any atom is -0.171 e. The van der Waals surface area contributed by atoms with Crippen molar-refractivity contribution in [3.05, 3.63) is 0 Å². The van der Waals surface area contributed by atoms with Crippen molar-refractivity contribution in [1.29, 1.82) is 0 Å². The van der Waals surface area contributed by atoms with Gasteiger partial charge in [0.15, 0.2) is 0 Å². The Morgan fingerprint density at radius 3 is 0.475 bits per heavy atom. The van der Waals surface area contributed by atoms with E-state index >= 15 is 0 Å². The van der Waals surface area contributed by atoms with Gasteiger partial charge in [-0.25, -0.2) is 0 Å². The lowest BCUT2D eigenvalue weighted by atomic mass is 9.60. The average molecular weight is 2090 g/mol. The van der Waals surface area contributed by atoms with Gasteiger partial charge < -0.3 is 0 Å². The van der Waals surface area contributed by atoms with E-state index in [1.807, 2.05) is 125 Å². The zero-order valence-electron chi connectivity index (χ0n) is 96.6. The normalized spacial score (nSPS) is 16.5. The third kappa shape index (κ3) is 46.9. The van der Waals surface area contributed by atoms with Crippen LogP contribution in [0.5, 0.6) is 0 Å². The van der Waals surface area contributed by atoms with Gasteiger partial charge in [-0.3, -0.25) is 0 Å². The topological polar surface area (TPSA) is 0 Å². The third-order valence-corrected chi connectivity index (χ3v) is 34.4. The summed E-state index contributed by atoms with van der Waals surface area (Å²) in [5.41, 5.74) is -15.5. The predicted octanol–water partition coefficient (Wildman–Crippen LogP) is 47.3. The number of alkyl halides is 30. The molecule has 0 nitrogen and oxygen atoms in total. The molecule has 0 spiro atoms. The molecule has 0 rings (SSSR count). The number of hydrogen-bond donors (Lipinski definition) is 0. The molecule has 0 aromatic heterocycles. The summed E-state index contributed by atoms with van der Waals surface area (Å²) in [5.74, 6) is -1.30. The van der Waals surface area contributed by atoms with E-state index in [-0.39, 0.29) is 130 Å². The SMILES string of the molecule is CC(C)C(C(C)C)C(C)(C)C(F)(F)F.CCC(C)(CC)C(C)(C)C.CCC(C)(CC)C(F)(F)F.CCC(C)(CC)[C@](C)(CC)C(F)(F)F.CCC(CC)[C@](C)(CC)C(F)(F)F.CCCC(C)(CCC)C(F)(F)F.CCC[C@@](C)(C(CC)CC)C(F)(F)F.CCC[C@](C)(C(F)(F)F)C(C)(CC)CC.CCC[C@](C)(CC)C(F)(F)F.CC[C@@](C)(C(C(C)C)C(C)C)C(F)(F)F.CC[C@@](C)(C(C)C)C(F)(F)F. The first kappa shape index (κ1) is 160. The zero-order valence-corrected chi connectivity index (χ0v) is 96.6. The van der Waals surface area contributed by atoms with Crippen molar-refractivity contribution in [2.75, 3.05) is 0 Å². The van der Waals surface area contributed by atoms with Gasteiger partial charge in [0.05, 0.1) is 54.1 Å². The van der Waals surface area contributed by atoms with Gasteiger partial charge in [-0.2, -0.15) is 132 Å². The quantitative estimate of drug-likeness (QED) is 0.0541. The summed E-state index contributed by atoms with van der Waals surface area (Å²) in [6.07, 6.45) is -28.3. The Morgan fingerprint density at radius 1 is 0.165 bits per heavy atom. The highest BCUT2D eigenvalue weighted by Crippen LogP contribution is 2.61. The first-order chi connectivity index (χ1) is 61.4. The zero-order chi connectivity index (χ0) is 115. The minimum atomic E-state index is -4.12. The fourth-order valence-corrected chi connectivity index (χ4v) is 19.5. The molecule has 0 amide bonds. The molecule has 0 N–H and O–H groups in total. The van der Waals surface area contributed by atoms with Gasteiger partial charge in [-0.15, -0.1) is 0 Å². The predicted molar refractivity (Wildman–Crippen MR) is 529 cm³/mol. The summed E-state index contributed by atoms with van der Waals surface area (Å²) in [6, 6.07) is 0. The van der Waals surface area contributed by atoms with Crippen molar-refractivity contribution in [3.8, 4) is 0 Å². The summed E-state index contributed by atoms with van der Waals surface area (Å²) >= 11 is 0. The molecule has 0 fully saturated rings. The van der Waals surface area contributed by atoms with E-state index in [0.29, 0.717) is 94.3 Å². The van der Waals surface area contributed by atoms with Crippen LogP contribution in [-0.2, 0) is 0 Å². The number of halogens is 30. The van der Waals surface area contributed by atoms with E-state index in [9.17, 15) is 132 Å². The van der Waals surface area contributed by atoms with E-state index in [1.54, 1.807) is 96.9 Å². The van der Waals surface area contributed by atoms with E-state index in [0.717, 1.165) is 0 Å². The van der Waals surface area contributed by atoms with Gasteiger partial charge in [0.1, 0.15) is 0 Å². The second-order valence-electron chi connectivity index (χ2n) is 45.2. The van der Waals surface area contributed by atoms with Crippen LogP contribution in [-0.4, -0.2) is 61.8 Å². The Bertz CT molecular complexity index is 2920. The Hall–Kier alpha value is -2.10. The number of hydrogen-bond acceptors (Lipinski definition) is 0. The molecule has 139 heavy (non-hydrogen) atoms. The van der Waals surface area contributed by atoms with Crippen molar-refractivity contribution >= 4 is 0 Å². The first-order valence-electron chi connectivity index (χ1n) is 52.0. The molecule has 7 atom stereocenters. The van der Waals surface area contributed by atoms with Gasteiger partial charge in [-0.05, 0) is 178 Å². The molecular formula is C109H210F30. The van der Waals surface area contributed by atoms with Gasteiger partial charge in [0, 0.05) is 0 Å². The van der Waals surface area contributed by atoms with Crippen LogP contribution < -0.4 is 0 Å². The summed E-state index contributed by atoms with van der Waals surface area (Å²) in [4.78, 5) is 0. The molecule has 0 unspecified atom stereocenters. The van der Waals surface area contributed by atoms with Crippen LogP contribution in [0.25, 0.3) is 0 Å². The Kier molecular flexibility index (Phi) is 74.0. The molecule has 0 heterocycles. The second kappa shape index (κ2) is 64.4. The molecular weight excluding hydrogens is 1880 g/mol. The molecule has 0 saturated carbocycles. The molecule has 30 heteroatoms. The summed E-state index contributed by atoms with van der Waals surface area (Å²) < 4.78 is 381. The lowest BCUT2D eigenvalue weighted by molar-refractivity contribution is -0.261. The molecule has 0 saturated heterocycles. The van der Waals surface area contributed by atoms with Crippen LogP contribution in [0, 0.1) is 129 Å². The van der Waals surface area contributed by atoms with E-state index in [4.69, 9.17) is 0 Å². The van der Waals surface area contributed by atoms with Crippen molar-refractivity contribution in [2.45, 2.75) is 574 Å². The molecule has 0 bridgehead atoms. The molecule has 0 aliphatic heterocycles. The Balaban J connectivity index is -0.000000144. The van der Waals surface area contributed by atoms with Crippen molar-refractivity contribution < 1.29 is 132 Å². The van der Waals surface area contributed by atoms with Crippen LogP contribution in [0.4, 0.5) is 132 Å². The maximum Gasteiger partial charge on any atom is 0.394 e. The van der Waals surface area contributed by atoms with E-state index in [1.165, 1.54) is 89.0 Å². The molecule has 0 aliphatic rings. The molecule has 0 aliphatic carbocycles.